The zero-order chi connectivity index (χ0) is 23.4. The summed E-state index contributed by atoms with van der Waals surface area (Å²) < 4.78 is 1.79. The van der Waals surface area contributed by atoms with Crippen molar-refractivity contribution < 1.29 is 14.4 Å². The number of aryl methyl sites for hydroxylation is 1. The minimum absolute atomic E-state index is 0.159. The van der Waals surface area contributed by atoms with Gasteiger partial charge in [-0.05, 0) is 34.9 Å². The van der Waals surface area contributed by atoms with Crippen LogP contribution in [0.2, 0.25) is 0 Å². The smallest absolute Gasteiger partial charge is 0.287 e. The first-order chi connectivity index (χ1) is 15.9. The van der Waals surface area contributed by atoms with E-state index in [2.05, 4.69) is 16.4 Å². The summed E-state index contributed by atoms with van der Waals surface area (Å²) in [4.78, 5) is 41.4. The third kappa shape index (κ3) is 4.98. The summed E-state index contributed by atoms with van der Waals surface area (Å²) in [5.74, 6) is -1.76. The topological polar surface area (TPSA) is 107 Å². The summed E-state index contributed by atoms with van der Waals surface area (Å²) >= 11 is 0. The molecule has 3 aromatic carbocycles. The molecular weight excluding hydrogens is 416 g/mol. The van der Waals surface area contributed by atoms with E-state index in [1.807, 2.05) is 73.7 Å². The quantitative estimate of drug-likeness (QED) is 0.411. The molecule has 4 rings (SSSR count). The van der Waals surface area contributed by atoms with Crippen LogP contribution in [0.1, 0.15) is 27.4 Å². The Labute approximate surface area is 191 Å². The maximum atomic E-state index is 13.1. The van der Waals surface area contributed by atoms with E-state index in [1.165, 1.54) is 6.20 Å². The molecule has 3 N–H and O–H groups in total. The predicted molar refractivity (Wildman–Crippen MR) is 126 cm³/mol. The van der Waals surface area contributed by atoms with Crippen molar-refractivity contribution in [2.75, 3.05) is 0 Å². The largest absolute Gasteiger partial charge is 0.363 e. The summed E-state index contributed by atoms with van der Waals surface area (Å²) in [6.07, 6.45) is 1.63. The average Bonchev–Trinajstić information content (AvgIpc) is 3.18. The molecule has 1 heterocycles. The van der Waals surface area contributed by atoms with Gasteiger partial charge < -0.3 is 15.6 Å². The second kappa shape index (κ2) is 9.48. The highest BCUT2D eigenvalue weighted by Gasteiger charge is 2.27. The molecule has 2 amide bonds. The van der Waals surface area contributed by atoms with Gasteiger partial charge in [-0.15, -0.1) is 0 Å². The molecule has 0 aliphatic heterocycles. The Kier molecular flexibility index (Phi) is 6.31. The Morgan fingerprint density at radius 1 is 0.939 bits per heavy atom. The van der Waals surface area contributed by atoms with Crippen LogP contribution in [0.25, 0.3) is 10.8 Å². The van der Waals surface area contributed by atoms with Crippen molar-refractivity contribution in [1.82, 2.24) is 14.9 Å². The molecule has 1 aromatic heterocycles. The zero-order valence-corrected chi connectivity index (χ0v) is 18.2. The molecule has 166 valence electrons. The van der Waals surface area contributed by atoms with Crippen LogP contribution in [0.4, 0.5) is 0 Å². The molecule has 0 spiro atoms. The number of ketones is 1. The number of rotatable bonds is 8. The summed E-state index contributed by atoms with van der Waals surface area (Å²) in [5.41, 5.74) is 7.35. The fourth-order valence-electron chi connectivity index (χ4n) is 3.83. The number of Topliss-reactive ketones (excluding diaryl/α,β-unsaturated/α-hetero) is 1. The van der Waals surface area contributed by atoms with Gasteiger partial charge in [-0.1, -0.05) is 66.7 Å². The molecule has 4 aromatic rings. The first-order valence-electron chi connectivity index (χ1n) is 10.6. The van der Waals surface area contributed by atoms with E-state index in [1.54, 1.807) is 4.57 Å². The van der Waals surface area contributed by atoms with E-state index >= 15 is 0 Å². The molecule has 0 radical (unpaired) electrons. The van der Waals surface area contributed by atoms with E-state index in [9.17, 15) is 14.4 Å². The molecule has 0 unspecified atom stereocenters. The lowest BCUT2D eigenvalue weighted by Crippen LogP contribution is -2.47. The highest BCUT2D eigenvalue weighted by atomic mass is 16.2. The van der Waals surface area contributed by atoms with Gasteiger partial charge in [0, 0.05) is 13.0 Å². The third-order valence-corrected chi connectivity index (χ3v) is 5.59. The summed E-state index contributed by atoms with van der Waals surface area (Å²) in [6.45, 7) is 2.25. The van der Waals surface area contributed by atoms with Crippen molar-refractivity contribution in [2.24, 2.45) is 5.73 Å². The third-order valence-electron chi connectivity index (χ3n) is 5.59. The van der Waals surface area contributed by atoms with Crippen LogP contribution in [0.5, 0.6) is 0 Å². The van der Waals surface area contributed by atoms with Gasteiger partial charge >= 0.3 is 0 Å². The molecule has 7 nitrogen and oxygen atoms in total. The predicted octanol–water partition coefficient (Wildman–Crippen LogP) is 2.79. The first-order valence-corrected chi connectivity index (χ1v) is 10.6. The summed E-state index contributed by atoms with van der Waals surface area (Å²) in [5, 5.41) is 4.92. The normalized spacial score (nSPS) is 11.8. The number of hydrogen-bond donors (Lipinski definition) is 2. The second-order valence-corrected chi connectivity index (χ2v) is 7.90. The number of primary amides is 1. The number of nitrogens with zero attached hydrogens (tertiary/aromatic N) is 2. The molecule has 33 heavy (non-hydrogen) atoms. The lowest BCUT2D eigenvalue weighted by atomic mass is 10.0. The zero-order valence-electron chi connectivity index (χ0n) is 18.2. The van der Waals surface area contributed by atoms with Crippen molar-refractivity contribution in [3.05, 3.63) is 102 Å². The number of aromatic nitrogens is 2. The van der Waals surface area contributed by atoms with Gasteiger partial charge in [0.2, 0.25) is 5.78 Å². The van der Waals surface area contributed by atoms with Crippen LogP contribution in [-0.2, 0) is 22.6 Å². The first kappa shape index (κ1) is 22.0. The minimum Gasteiger partial charge on any atom is -0.363 e. The minimum atomic E-state index is -1.09. The van der Waals surface area contributed by atoms with Crippen LogP contribution >= 0.6 is 0 Å². The van der Waals surface area contributed by atoms with Gasteiger partial charge in [0.25, 0.3) is 11.8 Å². The summed E-state index contributed by atoms with van der Waals surface area (Å²) in [7, 11) is 0. The van der Waals surface area contributed by atoms with Crippen molar-refractivity contribution in [3.63, 3.8) is 0 Å². The van der Waals surface area contributed by atoms with Gasteiger partial charge in [-0.2, -0.15) is 0 Å². The Bertz CT molecular complexity index is 1330. The highest BCUT2D eigenvalue weighted by molar-refractivity contribution is 6.38. The number of benzene rings is 3. The number of nitrogens with two attached hydrogens (primary N) is 1. The van der Waals surface area contributed by atoms with Crippen LogP contribution in [0, 0.1) is 6.92 Å². The monoisotopic (exact) mass is 440 g/mol. The molecule has 7 heteroatoms. The SMILES string of the molecule is Cc1ncc(C(=O)N[C@@H](Cc2ccccc2)C(=O)C(N)=O)n1Cc1ccc2ccccc2c1. The highest BCUT2D eigenvalue weighted by Crippen LogP contribution is 2.18. The average molecular weight is 441 g/mol. The number of carbonyl (C=O) groups excluding carboxylic acids is 3. The lowest BCUT2D eigenvalue weighted by molar-refractivity contribution is -0.137. The maximum Gasteiger partial charge on any atom is 0.287 e. The number of carbonyl (C=O) groups is 3. The van der Waals surface area contributed by atoms with Gasteiger partial charge in [0.1, 0.15) is 17.6 Å². The molecule has 0 saturated carbocycles. The standard InChI is InChI=1S/C26H24N4O3/c1-17-28-15-23(30(17)16-19-11-12-20-9-5-6-10-21(20)13-19)26(33)29-22(24(31)25(27)32)14-18-7-3-2-4-8-18/h2-13,15,22H,14,16H2,1H3,(H2,27,32)(H,29,33)/t22-/m0/s1. The molecular formula is C26H24N4O3. The number of hydrogen-bond acceptors (Lipinski definition) is 4. The van der Waals surface area contributed by atoms with E-state index in [0.717, 1.165) is 21.9 Å². The van der Waals surface area contributed by atoms with Gasteiger partial charge in [-0.3, -0.25) is 14.4 Å². The van der Waals surface area contributed by atoms with Crippen LogP contribution in [0.3, 0.4) is 0 Å². The summed E-state index contributed by atoms with van der Waals surface area (Å²) in [6, 6.07) is 22.3. The Balaban J connectivity index is 1.58. The number of nitrogens with one attached hydrogen (secondary N) is 1. The van der Waals surface area contributed by atoms with Gasteiger partial charge in [0.05, 0.1) is 6.20 Å². The van der Waals surface area contributed by atoms with E-state index in [0.29, 0.717) is 18.1 Å². The van der Waals surface area contributed by atoms with Gasteiger partial charge in [-0.25, -0.2) is 4.98 Å². The van der Waals surface area contributed by atoms with Crippen LogP contribution < -0.4 is 11.1 Å². The van der Waals surface area contributed by atoms with Crippen molar-refractivity contribution in [2.45, 2.75) is 25.9 Å². The Hall–Kier alpha value is -4.26. The van der Waals surface area contributed by atoms with Crippen molar-refractivity contribution in [1.29, 1.82) is 0 Å². The Morgan fingerprint density at radius 2 is 1.64 bits per heavy atom. The molecule has 0 aliphatic carbocycles. The molecule has 0 aliphatic rings. The van der Waals surface area contributed by atoms with Gasteiger partial charge in [0.15, 0.2) is 0 Å². The van der Waals surface area contributed by atoms with Crippen LogP contribution in [-0.4, -0.2) is 33.2 Å². The number of amides is 2. The second-order valence-electron chi connectivity index (χ2n) is 7.90. The van der Waals surface area contributed by atoms with E-state index in [4.69, 9.17) is 5.73 Å². The van der Waals surface area contributed by atoms with Crippen LogP contribution in [0.15, 0.2) is 79.0 Å². The molecule has 0 saturated heterocycles. The van der Waals surface area contributed by atoms with Crippen molar-refractivity contribution >= 4 is 28.4 Å². The number of fused-ring (bicyclic) bond motifs is 1. The maximum absolute atomic E-state index is 13.1. The number of imidazole rings is 1. The Morgan fingerprint density at radius 3 is 2.36 bits per heavy atom. The molecule has 1 atom stereocenters. The van der Waals surface area contributed by atoms with Crippen molar-refractivity contribution in [3.8, 4) is 0 Å². The molecule has 0 bridgehead atoms. The fourth-order valence-corrected chi connectivity index (χ4v) is 3.83. The van der Waals surface area contributed by atoms with E-state index in [-0.39, 0.29) is 6.42 Å². The molecule has 0 fully saturated rings. The fraction of sp³-hybridized carbons (Fsp3) is 0.154. The van der Waals surface area contributed by atoms with E-state index < -0.39 is 23.6 Å². The lowest BCUT2D eigenvalue weighted by Gasteiger charge is -2.17.